The molecular formula is C15H14N4. The summed E-state index contributed by atoms with van der Waals surface area (Å²) in [6.45, 7) is 2.04. The number of nitrogens with zero attached hydrogens (tertiary/aromatic N) is 3. The molecule has 0 aliphatic carbocycles. The standard InChI is InChI=1S/C15H14N4/c1-11-5-6-17-14(9-11)19-8-7-18-15(19)12-3-2-4-13(16)10-12/h2-10H,16H2,1H3. The van der Waals surface area contributed by atoms with Gasteiger partial charge in [0.25, 0.3) is 0 Å². The van der Waals surface area contributed by atoms with Gasteiger partial charge in [-0.1, -0.05) is 12.1 Å². The summed E-state index contributed by atoms with van der Waals surface area (Å²) in [6, 6.07) is 11.7. The first-order valence-electron chi connectivity index (χ1n) is 6.06. The zero-order valence-corrected chi connectivity index (χ0v) is 10.6. The lowest BCUT2D eigenvalue weighted by molar-refractivity contribution is 0.997. The highest BCUT2D eigenvalue weighted by Crippen LogP contribution is 2.22. The van der Waals surface area contributed by atoms with Gasteiger partial charge >= 0.3 is 0 Å². The fourth-order valence-corrected chi connectivity index (χ4v) is 2.03. The molecule has 3 aromatic rings. The van der Waals surface area contributed by atoms with Crippen LogP contribution < -0.4 is 5.73 Å². The highest BCUT2D eigenvalue weighted by atomic mass is 15.1. The Morgan fingerprint density at radius 3 is 2.74 bits per heavy atom. The molecule has 1 aromatic carbocycles. The van der Waals surface area contributed by atoms with Gasteiger partial charge in [-0.3, -0.25) is 4.57 Å². The number of nitrogen functional groups attached to an aromatic ring is 1. The largest absolute Gasteiger partial charge is 0.399 e. The Hall–Kier alpha value is -2.62. The van der Waals surface area contributed by atoms with Crippen LogP contribution in [0.15, 0.2) is 55.0 Å². The Morgan fingerprint density at radius 2 is 1.95 bits per heavy atom. The van der Waals surface area contributed by atoms with Gasteiger partial charge in [0.05, 0.1) is 0 Å². The fraction of sp³-hybridized carbons (Fsp3) is 0.0667. The van der Waals surface area contributed by atoms with E-state index in [0.717, 1.165) is 28.5 Å². The van der Waals surface area contributed by atoms with E-state index < -0.39 is 0 Å². The van der Waals surface area contributed by atoms with Crippen molar-refractivity contribution >= 4 is 5.69 Å². The van der Waals surface area contributed by atoms with Crippen LogP contribution in [0.3, 0.4) is 0 Å². The van der Waals surface area contributed by atoms with Crippen molar-refractivity contribution in [3.8, 4) is 17.2 Å². The normalized spacial score (nSPS) is 10.6. The Labute approximate surface area is 111 Å². The number of aromatic nitrogens is 3. The predicted octanol–water partition coefficient (Wildman–Crippen LogP) is 2.82. The zero-order chi connectivity index (χ0) is 13.2. The average molecular weight is 250 g/mol. The smallest absolute Gasteiger partial charge is 0.145 e. The minimum Gasteiger partial charge on any atom is -0.399 e. The van der Waals surface area contributed by atoms with E-state index in [1.165, 1.54) is 0 Å². The van der Waals surface area contributed by atoms with Crippen molar-refractivity contribution in [3.63, 3.8) is 0 Å². The SMILES string of the molecule is Cc1ccnc(-n2ccnc2-c2cccc(N)c2)c1. The molecule has 0 saturated heterocycles. The number of nitrogens with two attached hydrogens (primary N) is 1. The minimum absolute atomic E-state index is 0.726. The predicted molar refractivity (Wildman–Crippen MR) is 75.9 cm³/mol. The number of pyridine rings is 1. The molecule has 0 saturated carbocycles. The molecule has 0 aliphatic heterocycles. The van der Waals surface area contributed by atoms with Gasteiger partial charge in [-0.2, -0.15) is 0 Å². The third-order valence-electron chi connectivity index (χ3n) is 2.93. The summed E-state index contributed by atoms with van der Waals surface area (Å²) in [5.41, 5.74) is 8.70. The van der Waals surface area contributed by atoms with Gasteiger partial charge in [0.1, 0.15) is 11.6 Å². The summed E-state index contributed by atoms with van der Waals surface area (Å²) < 4.78 is 1.96. The van der Waals surface area contributed by atoms with E-state index in [-0.39, 0.29) is 0 Å². The molecule has 2 heterocycles. The molecule has 3 rings (SSSR count). The maximum atomic E-state index is 5.82. The van der Waals surface area contributed by atoms with E-state index in [4.69, 9.17) is 5.73 Å². The van der Waals surface area contributed by atoms with Crippen molar-refractivity contribution in [3.05, 3.63) is 60.6 Å². The summed E-state index contributed by atoms with van der Waals surface area (Å²) in [5.74, 6) is 1.69. The van der Waals surface area contributed by atoms with Gasteiger partial charge in [0, 0.05) is 29.8 Å². The molecule has 0 unspecified atom stereocenters. The Kier molecular flexibility index (Phi) is 2.76. The van der Waals surface area contributed by atoms with E-state index >= 15 is 0 Å². The summed E-state index contributed by atoms with van der Waals surface area (Å²) in [6.07, 6.45) is 5.47. The van der Waals surface area contributed by atoms with Gasteiger partial charge in [-0.15, -0.1) is 0 Å². The van der Waals surface area contributed by atoms with E-state index in [1.54, 1.807) is 12.4 Å². The number of hydrogen-bond acceptors (Lipinski definition) is 3. The van der Waals surface area contributed by atoms with Crippen molar-refractivity contribution in [1.29, 1.82) is 0 Å². The lowest BCUT2D eigenvalue weighted by Crippen LogP contribution is -1.99. The third kappa shape index (κ3) is 2.20. The molecule has 0 fully saturated rings. The lowest BCUT2D eigenvalue weighted by Gasteiger charge is -2.08. The van der Waals surface area contributed by atoms with Crippen molar-refractivity contribution in [2.75, 3.05) is 5.73 Å². The molecule has 0 atom stereocenters. The summed E-state index contributed by atoms with van der Waals surface area (Å²) in [5, 5.41) is 0. The van der Waals surface area contributed by atoms with Crippen molar-refractivity contribution in [1.82, 2.24) is 14.5 Å². The first-order valence-corrected chi connectivity index (χ1v) is 6.06. The number of hydrogen-bond donors (Lipinski definition) is 1. The Bertz CT molecular complexity index is 655. The second kappa shape index (κ2) is 4.57. The number of imidazole rings is 1. The van der Waals surface area contributed by atoms with Gasteiger partial charge in [0.15, 0.2) is 0 Å². The van der Waals surface area contributed by atoms with Gasteiger partial charge in [0.2, 0.25) is 0 Å². The van der Waals surface area contributed by atoms with Crippen LogP contribution >= 0.6 is 0 Å². The monoisotopic (exact) mass is 250 g/mol. The summed E-state index contributed by atoms with van der Waals surface area (Å²) >= 11 is 0. The first-order chi connectivity index (χ1) is 9.24. The van der Waals surface area contributed by atoms with E-state index in [0.29, 0.717) is 0 Å². The van der Waals surface area contributed by atoms with Crippen LogP contribution in [0.5, 0.6) is 0 Å². The van der Waals surface area contributed by atoms with E-state index in [1.807, 2.05) is 54.1 Å². The molecule has 0 bridgehead atoms. The van der Waals surface area contributed by atoms with Gasteiger partial charge < -0.3 is 5.73 Å². The number of aryl methyl sites for hydroxylation is 1. The average Bonchev–Trinajstić information content (AvgIpc) is 2.88. The molecule has 2 N–H and O–H groups in total. The molecule has 4 heteroatoms. The highest BCUT2D eigenvalue weighted by molar-refractivity contribution is 5.63. The van der Waals surface area contributed by atoms with Crippen LogP contribution in [0.1, 0.15) is 5.56 Å². The van der Waals surface area contributed by atoms with Crippen molar-refractivity contribution < 1.29 is 0 Å². The quantitative estimate of drug-likeness (QED) is 0.711. The zero-order valence-electron chi connectivity index (χ0n) is 10.6. The van der Waals surface area contributed by atoms with E-state index in [2.05, 4.69) is 9.97 Å². The molecule has 0 amide bonds. The summed E-state index contributed by atoms with van der Waals surface area (Å²) in [4.78, 5) is 8.78. The summed E-state index contributed by atoms with van der Waals surface area (Å²) in [7, 11) is 0. The molecule has 94 valence electrons. The second-order valence-corrected chi connectivity index (χ2v) is 4.44. The van der Waals surface area contributed by atoms with E-state index in [9.17, 15) is 0 Å². The topological polar surface area (TPSA) is 56.7 Å². The van der Waals surface area contributed by atoms with Crippen molar-refractivity contribution in [2.24, 2.45) is 0 Å². The van der Waals surface area contributed by atoms with Crippen LogP contribution in [-0.2, 0) is 0 Å². The Morgan fingerprint density at radius 1 is 1.05 bits per heavy atom. The van der Waals surface area contributed by atoms with Crippen LogP contribution in [0.25, 0.3) is 17.2 Å². The van der Waals surface area contributed by atoms with Crippen molar-refractivity contribution in [2.45, 2.75) is 6.92 Å². The number of benzene rings is 1. The van der Waals surface area contributed by atoms with Gasteiger partial charge in [-0.05, 0) is 36.8 Å². The van der Waals surface area contributed by atoms with Gasteiger partial charge in [-0.25, -0.2) is 9.97 Å². The van der Waals surface area contributed by atoms with Crippen LogP contribution in [0.4, 0.5) is 5.69 Å². The number of anilines is 1. The van der Waals surface area contributed by atoms with Crippen LogP contribution in [-0.4, -0.2) is 14.5 Å². The number of rotatable bonds is 2. The van der Waals surface area contributed by atoms with Crippen LogP contribution in [0, 0.1) is 6.92 Å². The fourth-order valence-electron chi connectivity index (χ4n) is 2.03. The molecule has 0 radical (unpaired) electrons. The maximum absolute atomic E-state index is 5.82. The molecular weight excluding hydrogens is 236 g/mol. The highest BCUT2D eigenvalue weighted by Gasteiger charge is 2.08. The molecule has 0 spiro atoms. The maximum Gasteiger partial charge on any atom is 0.145 e. The third-order valence-corrected chi connectivity index (χ3v) is 2.93. The molecule has 0 aliphatic rings. The lowest BCUT2D eigenvalue weighted by atomic mass is 10.2. The molecule has 19 heavy (non-hydrogen) atoms. The minimum atomic E-state index is 0.726. The Balaban J connectivity index is 2.13. The van der Waals surface area contributed by atoms with Crippen LogP contribution in [0.2, 0.25) is 0 Å². The molecule has 4 nitrogen and oxygen atoms in total. The second-order valence-electron chi connectivity index (χ2n) is 4.44. The molecule has 2 aromatic heterocycles. The first kappa shape index (κ1) is 11.5.